The van der Waals surface area contributed by atoms with Crippen LogP contribution in [0, 0.1) is 0 Å². The van der Waals surface area contributed by atoms with Crippen molar-refractivity contribution in [1.82, 2.24) is 9.97 Å². The highest BCUT2D eigenvalue weighted by molar-refractivity contribution is 7.90. The van der Waals surface area contributed by atoms with E-state index in [9.17, 15) is 8.42 Å². The van der Waals surface area contributed by atoms with Crippen molar-refractivity contribution in [2.24, 2.45) is 0 Å². The van der Waals surface area contributed by atoms with Crippen molar-refractivity contribution in [3.05, 3.63) is 11.9 Å². The topological polar surface area (TPSA) is 84.0 Å². The second kappa shape index (κ2) is 6.70. The average Bonchev–Trinajstić information content (AvgIpc) is 2.29. The molecule has 0 bridgehead atoms. The van der Waals surface area contributed by atoms with E-state index < -0.39 is 9.84 Å². The Morgan fingerprint density at radius 1 is 1.32 bits per heavy atom. The second-order valence-electron chi connectivity index (χ2n) is 4.69. The van der Waals surface area contributed by atoms with Gasteiger partial charge < -0.3 is 10.6 Å². The first-order valence-corrected chi connectivity index (χ1v) is 8.39. The molecule has 0 aliphatic heterocycles. The molecular formula is C12H22N4O2S. The number of nitrogens with one attached hydrogen (secondary N) is 2. The zero-order valence-corrected chi connectivity index (χ0v) is 12.7. The Hall–Kier alpha value is -1.37. The van der Waals surface area contributed by atoms with Gasteiger partial charge in [-0.25, -0.2) is 18.4 Å². The molecule has 1 rings (SSSR count). The third-order valence-electron chi connectivity index (χ3n) is 2.62. The Morgan fingerprint density at radius 3 is 2.47 bits per heavy atom. The molecule has 1 aromatic rings. The smallest absolute Gasteiger partial charge is 0.149 e. The summed E-state index contributed by atoms with van der Waals surface area (Å²) in [5.74, 6) is 1.57. The lowest BCUT2D eigenvalue weighted by molar-refractivity contribution is 0.598. The van der Waals surface area contributed by atoms with Crippen molar-refractivity contribution < 1.29 is 8.42 Å². The summed E-state index contributed by atoms with van der Waals surface area (Å²) in [6.45, 7) is 3.91. The molecule has 0 aliphatic rings. The molecule has 1 heterocycles. The third kappa shape index (κ3) is 5.02. The van der Waals surface area contributed by atoms with Gasteiger partial charge in [0.05, 0.1) is 5.75 Å². The molecule has 7 heteroatoms. The molecule has 1 aromatic heterocycles. The fourth-order valence-corrected chi connectivity index (χ4v) is 2.96. The molecule has 108 valence electrons. The lowest BCUT2D eigenvalue weighted by atomic mass is 10.1. The van der Waals surface area contributed by atoms with E-state index in [4.69, 9.17) is 0 Å². The normalized spacial score (nSPS) is 13.1. The van der Waals surface area contributed by atoms with E-state index in [-0.39, 0.29) is 11.8 Å². The maximum atomic E-state index is 11.3. The van der Waals surface area contributed by atoms with E-state index in [1.165, 1.54) is 12.6 Å². The van der Waals surface area contributed by atoms with Crippen molar-refractivity contribution in [2.45, 2.75) is 32.7 Å². The fourth-order valence-electron chi connectivity index (χ4n) is 1.97. The van der Waals surface area contributed by atoms with Crippen molar-refractivity contribution in [2.75, 3.05) is 29.7 Å². The Bertz CT molecular complexity index is 516. The first kappa shape index (κ1) is 15.7. The summed E-state index contributed by atoms with van der Waals surface area (Å²) in [5.41, 5.74) is 0.993. The number of sulfone groups is 1. The van der Waals surface area contributed by atoms with Gasteiger partial charge in [0.25, 0.3) is 0 Å². The van der Waals surface area contributed by atoms with E-state index in [1.54, 1.807) is 0 Å². The average molecular weight is 286 g/mol. The Labute approximate surface area is 115 Å². The summed E-state index contributed by atoms with van der Waals surface area (Å²) in [5, 5.41) is 6.19. The van der Waals surface area contributed by atoms with E-state index in [0.717, 1.165) is 24.2 Å². The standard InChI is InChI=1S/C12H22N4O2S/c1-5-6-10-11(13-3)14-8-15-12(10)16-9(2)7-19(4,17)18/h8-9H,5-7H2,1-4H3,(H2,13,14,15,16). The molecule has 0 fully saturated rings. The van der Waals surface area contributed by atoms with Crippen LogP contribution in [0.1, 0.15) is 25.8 Å². The highest BCUT2D eigenvalue weighted by Gasteiger charge is 2.15. The molecule has 6 nitrogen and oxygen atoms in total. The van der Waals surface area contributed by atoms with Crippen molar-refractivity contribution in [3.63, 3.8) is 0 Å². The molecule has 0 aliphatic carbocycles. The van der Waals surface area contributed by atoms with Gasteiger partial charge >= 0.3 is 0 Å². The number of nitrogens with zero attached hydrogens (tertiary/aromatic N) is 2. The van der Waals surface area contributed by atoms with E-state index >= 15 is 0 Å². The molecule has 0 amide bonds. The monoisotopic (exact) mass is 286 g/mol. The Balaban J connectivity index is 2.93. The van der Waals surface area contributed by atoms with Gasteiger partial charge in [-0.2, -0.15) is 0 Å². The summed E-state index contributed by atoms with van der Waals surface area (Å²) >= 11 is 0. The van der Waals surface area contributed by atoms with Crippen LogP contribution < -0.4 is 10.6 Å². The number of aromatic nitrogens is 2. The molecule has 2 N–H and O–H groups in total. The minimum absolute atomic E-state index is 0.0808. The summed E-state index contributed by atoms with van der Waals surface area (Å²) in [7, 11) is -1.20. The van der Waals surface area contributed by atoms with Crippen LogP contribution in [0.15, 0.2) is 6.33 Å². The summed E-state index contributed by atoms with van der Waals surface area (Å²) < 4.78 is 22.6. The van der Waals surface area contributed by atoms with Crippen LogP contribution in [-0.4, -0.2) is 43.5 Å². The first-order chi connectivity index (χ1) is 8.87. The van der Waals surface area contributed by atoms with Gasteiger partial charge in [-0.3, -0.25) is 0 Å². The van der Waals surface area contributed by atoms with Gasteiger partial charge in [-0.15, -0.1) is 0 Å². The maximum Gasteiger partial charge on any atom is 0.149 e. The predicted octanol–water partition coefficient (Wildman–Crippen LogP) is 1.32. The molecule has 1 unspecified atom stereocenters. The molecule has 0 saturated heterocycles. The van der Waals surface area contributed by atoms with Gasteiger partial charge in [0, 0.05) is 24.9 Å². The minimum Gasteiger partial charge on any atom is -0.373 e. The van der Waals surface area contributed by atoms with Crippen LogP contribution in [0.3, 0.4) is 0 Å². The zero-order valence-electron chi connectivity index (χ0n) is 11.9. The Morgan fingerprint density at radius 2 is 1.95 bits per heavy atom. The van der Waals surface area contributed by atoms with Crippen LogP contribution >= 0.6 is 0 Å². The van der Waals surface area contributed by atoms with Gasteiger partial charge in [-0.05, 0) is 13.3 Å². The molecule has 0 spiro atoms. The zero-order chi connectivity index (χ0) is 14.5. The minimum atomic E-state index is -3.01. The van der Waals surface area contributed by atoms with Gasteiger partial charge in [0.15, 0.2) is 0 Å². The predicted molar refractivity (Wildman–Crippen MR) is 78.4 cm³/mol. The van der Waals surface area contributed by atoms with Crippen LogP contribution in [-0.2, 0) is 16.3 Å². The van der Waals surface area contributed by atoms with Crippen LogP contribution in [0.2, 0.25) is 0 Å². The number of hydrogen-bond donors (Lipinski definition) is 2. The summed E-state index contributed by atoms with van der Waals surface area (Å²) in [6.07, 6.45) is 4.51. The molecule has 19 heavy (non-hydrogen) atoms. The van der Waals surface area contributed by atoms with E-state index in [0.29, 0.717) is 5.82 Å². The summed E-state index contributed by atoms with van der Waals surface area (Å²) in [6, 6.07) is -0.190. The largest absolute Gasteiger partial charge is 0.373 e. The Kier molecular flexibility index (Phi) is 5.53. The molecule has 0 aromatic carbocycles. The number of hydrogen-bond acceptors (Lipinski definition) is 6. The number of rotatable bonds is 7. The first-order valence-electron chi connectivity index (χ1n) is 6.33. The quantitative estimate of drug-likeness (QED) is 0.786. The maximum absolute atomic E-state index is 11.3. The highest BCUT2D eigenvalue weighted by Crippen LogP contribution is 2.21. The van der Waals surface area contributed by atoms with Gasteiger partial charge in [0.1, 0.15) is 27.8 Å². The molecule has 1 atom stereocenters. The molecule has 0 radical (unpaired) electrons. The van der Waals surface area contributed by atoms with Crippen LogP contribution in [0.4, 0.5) is 11.6 Å². The second-order valence-corrected chi connectivity index (χ2v) is 6.87. The highest BCUT2D eigenvalue weighted by atomic mass is 32.2. The van der Waals surface area contributed by atoms with Crippen LogP contribution in [0.25, 0.3) is 0 Å². The van der Waals surface area contributed by atoms with E-state index in [2.05, 4.69) is 27.5 Å². The third-order valence-corrected chi connectivity index (χ3v) is 3.72. The fraction of sp³-hybridized carbons (Fsp3) is 0.667. The molecule has 0 saturated carbocycles. The lowest BCUT2D eigenvalue weighted by Gasteiger charge is -2.17. The van der Waals surface area contributed by atoms with Crippen LogP contribution in [0.5, 0.6) is 0 Å². The van der Waals surface area contributed by atoms with Crippen molar-refractivity contribution >= 4 is 21.5 Å². The van der Waals surface area contributed by atoms with Crippen molar-refractivity contribution in [1.29, 1.82) is 0 Å². The van der Waals surface area contributed by atoms with Crippen molar-refractivity contribution in [3.8, 4) is 0 Å². The lowest BCUT2D eigenvalue weighted by Crippen LogP contribution is -2.26. The van der Waals surface area contributed by atoms with Gasteiger partial charge in [0.2, 0.25) is 0 Å². The molecular weight excluding hydrogens is 264 g/mol. The number of anilines is 2. The van der Waals surface area contributed by atoms with Gasteiger partial charge in [-0.1, -0.05) is 13.3 Å². The van der Waals surface area contributed by atoms with E-state index in [1.807, 2.05) is 14.0 Å². The summed E-state index contributed by atoms with van der Waals surface area (Å²) in [4.78, 5) is 8.40. The SMILES string of the molecule is CCCc1c(NC)ncnc1NC(C)CS(C)(=O)=O.